The molecular formula is C29H33FN2O2S. The zero-order valence-corrected chi connectivity index (χ0v) is 21.4. The first kappa shape index (κ1) is 26.5. The largest absolute Gasteiger partial charge is 0.352 e. The summed E-state index contributed by atoms with van der Waals surface area (Å²) in [5.74, 6) is 0.0616. The Morgan fingerprint density at radius 1 is 0.914 bits per heavy atom. The SMILES string of the molecule is Cc1ccc(CSCC(=O)N(Cc2ccccc2F)C(Cc2ccccc2)C(=O)NC(C)C)cc1. The fraction of sp³-hybridized carbons (Fsp3) is 0.310. The molecule has 0 fully saturated rings. The van der Waals surface area contributed by atoms with Crippen molar-refractivity contribution in [2.45, 2.75) is 51.6 Å². The molecular weight excluding hydrogens is 459 g/mol. The predicted octanol–water partition coefficient (Wildman–Crippen LogP) is 5.53. The van der Waals surface area contributed by atoms with Gasteiger partial charge in [-0.15, -0.1) is 11.8 Å². The molecule has 3 aromatic carbocycles. The van der Waals surface area contributed by atoms with Gasteiger partial charge in [0.1, 0.15) is 11.9 Å². The molecule has 0 aliphatic carbocycles. The van der Waals surface area contributed by atoms with Crippen molar-refractivity contribution in [3.8, 4) is 0 Å². The molecule has 1 unspecified atom stereocenters. The van der Waals surface area contributed by atoms with Crippen molar-refractivity contribution in [3.05, 3.63) is 107 Å². The van der Waals surface area contributed by atoms with Crippen LogP contribution in [-0.2, 0) is 28.3 Å². The monoisotopic (exact) mass is 492 g/mol. The number of thioether (sulfide) groups is 1. The van der Waals surface area contributed by atoms with E-state index in [-0.39, 0.29) is 36.0 Å². The molecule has 0 radical (unpaired) electrons. The average Bonchev–Trinajstić information content (AvgIpc) is 2.83. The molecule has 0 saturated carbocycles. The van der Waals surface area contributed by atoms with Crippen molar-refractivity contribution in [1.29, 1.82) is 0 Å². The summed E-state index contributed by atoms with van der Waals surface area (Å²) in [4.78, 5) is 28.4. The normalized spacial score (nSPS) is 11.8. The van der Waals surface area contributed by atoms with E-state index in [1.165, 1.54) is 28.3 Å². The summed E-state index contributed by atoms with van der Waals surface area (Å²) < 4.78 is 14.6. The van der Waals surface area contributed by atoms with Crippen LogP contribution in [0.5, 0.6) is 0 Å². The minimum absolute atomic E-state index is 0.0274. The third kappa shape index (κ3) is 8.25. The summed E-state index contributed by atoms with van der Waals surface area (Å²) in [5, 5.41) is 2.95. The molecule has 0 aromatic heterocycles. The van der Waals surface area contributed by atoms with Gasteiger partial charge in [0.15, 0.2) is 0 Å². The quantitative estimate of drug-likeness (QED) is 0.383. The summed E-state index contributed by atoms with van der Waals surface area (Å²) in [7, 11) is 0. The van der Waals surface area contributed by atoms with Gasteiger partial charge < -0.3 is 10.2 Å². The zero-order valence-electron chi connectivity index (χ0n) is 20.5. The van der Waals surface area contributed by atoms with E-state index in [1.807, 2.05) is 63.2 Å². The fourth-order valence-electron chi connectivity index (χ4n) is 3.77. The number of amides is 2. The number of halogens is 1. The molecule has 0 spiro atoms. The number of hydrogen-bond donors (Lipinski definition) is 1. The number of nitrogens with zero attached hydrogens (tertiary/aromatic N) is 1. The highest BCUT2D eigenvalue weighted by molar-refractivity contribution is 7.99. The Morgan fingerprint density at radius 2 is 1.57 bits per heavy atom. The summed E-state index contributed by atoms with van der Waals surface area (Å²) >= 11 is 1.50. The van der Waals surface area contributed by atoms with E-state index in [1.54, 1.807) is 18.2 Å². The fourth-order valence-corrected chi connectivity index (χ4v) is 4.64. The topological polar surface area (TPSA) is 49.4 Å². The second kappa shape index (κ2) is 13.1. The molecule has 0 aliphatic rings. The van der Waals surface area contributed by atoms with Crippen molar-refractivity contribution in [3.63, 3.8) is 0 Å². The highest BCUT2D eigenvalue weighted by Crippen LogP contribution is 2.20. The van der Waals surface area contributed by atoms with Gasteiger partial charge in [0.25, 0.3) is 0 Å². The smallest absolute Gasteiger partial charge is 0.243 e. The van der Waals surface area contributed by atoms with Crippen LogP contribution in [0.1, 0.15) is 36.1 Å². The van der Waals surface area contributed by atoms with Gasteiger partial charge in [-0.05, 0) is 38.0 Å². The van der Waals surface area contributed by atoms with Crippen LogP contribution in [0.2, 0.25) is 0 Å². The highest BCUT2D eigenvalue weighted by atomic mass is 32.2. The van der Waals surface area contributed by atoms with Crippen LogP contribution in [0.4, 0.5) is 4.39 Å². The second-order valence-electron chi connectivity index (χ2n) is 8.96. The lowest BCUT2D eigenvalue weighted by molar-refractivity contribution is -0.139. The van der Waals surface area contributed by atoms with E-state index in [2.05, 4.69) is 17.4 Å². The minimum Gasteiger partial charge on any atom is -0.352 e. The van der Waals surface area contributed by atoms with Crippen LogP contribution in [0.25, 0.3) is 0 Å². The van der Waals surface area contributed by atoms with Gasteiger partial charge in [-0.3, -0.25) is 9.59 Å². The van der Waals surface area contributed by atoms with E-state index >= 15 is 0 Å². The maximum absolute atomic E-state index is 14.6. The predicted molar refractivity (Wildman–Crippen MR) is 142 cm³/mol. The van der Waals surface area contributed by atoms with Crippen molar-refractivity contribution in [1.82, 2.24) is 10.2 Å². The van der Waals surface area contributed by atoms with Gasteiger partial charge in [0.2, 0.25) is 11.8 Å². The van der Waals surface area contributed by atoms with Gasteiger partial charge in [0, 0.05) is 30.3 Å². The van der Waals surface area contributed by atoms with E-state index < -0.39 is 6.04 Å². The van der Waals surface area contributed by atoms with Crippen molar-refractivity contribution >= 4 is 23.6 Å². The maximum atomic E-state index is 14.6. The number of carbonyl (C=O) groups is 2. The Kier molecular flexibility index (Phi) is 9.91. The van der Waals surface area contributed by atoms with Gasteiger partial charge in [-0.25, -0.2) is 4.39 Å². The standard InChI is InChI=1S/C29H33FN2O2S/c1-21(2)31-29(34)27(17-23-9-5-4-6-10-23)32(18-25-11-7-8-12-26(25)30)28(33)20-35-19-24-15-13-22(3)14-16-24/h4-16,21,27H,17-20H2,1-3H3,(H,31,34). The van der Waals surface area contributed by atoms with Gasteiger partial charge in [0.05, 0.1) is 5.75 Å². The van der Waals surface area contributed by atoms with Crippen molar-refractivity contribution in [2.24, 2.45) is 0 Å². The molecule has 2 amide bonds. The molecule has 6 heteroatoms. The molecule has 3 rings (SSSR count). The minimum atomic E-state index is -0.758. The first-order valence-electron chi connectivity index (χ1n) is 11.8. The van der Waals surface area contributed by atoms with E-state index in [0.717, 1.165) is 11.1 Å². The number of hydrogen-bond acceptors (Lipinski definition) is 3. The van der Waals surface area contributed by atoms with Crippen LogP contribution < -0.4 is 5.32 Å². The van der Waals surface area contributed by atoms with Crippen molar-refractivity contribution in [2.75, 3.05) is 5.75 Å². The summed E-state index contributed by atoms with van der Waals surface area (Å²) in [5.41, 5.74) is 3.65. The third-order valence-corrected chi connectivity index (χ3v) is 6.60. The van der Waals surface area contributed by atoms with Crippen LogP contribution in [0, 0.1) is 12.7 Å². The van der Waals surface area contributed by atoms with E-state index in [4.69, 9.17) is 0 Å². The summed E-state index contributed by atoms with van der Waals surface area (Å²) in [6.45, 7) is 5.84. The van der Waals surface area contributed by atoms with Crippen LogP contribution in [-0.4, -0.2) is 34.6 Å². The number of benzene rings is 3. The first-order valence-corrected chi connectivity index (χ1v) is 13.0. The molecule has 0 heterocycles. The third-order valence-electron chi connectivity index (χ3n) is 5.62. The van der Waals surface area contributed by atoms with Crippen LogP contribution >= 0.6 is 11.8 Å². The molecule has 0 aliphatic heterocycles. The summed E-state index contributed by atoms with van der Waals surface area (Å²) in [6, 6.07) is 23.4. The highest BCUT2D eigenvalue weighted by Gasteiger charge is 2.31. The Bertz CT molecular complexity index is 1100. The molecule has 0 saturated heterocycles. The lowest BCUT2D eigenvalue weighted by Crippen LogP contribution is -2.52. The first-order chi connectivity index (χ1) is 16.8. The number of carbonyl (C=O) groups excluding carboxylic acids is 2. The Balaban J connectivity index is 1.85. The van der Waals surface area contributed by atoms with Crippen molar-refractivity contribution < 1.29 is 14.0 Å². The van der Waals surface area contributed by atoms with Crippen LogP contribution in [0.15, 0.2) is 78.9 Å². The number of nitrogens with one attached hydrogen (secondary N) is 1. The van der Waals surface area contributed by atoms with E-state index in [9.17, 15) is 14.0 Å². The average molecular weight is 493 g/mol. The molecule has 184 valence electrons. The molecule has 3 aromatic rings. The summed E-state index contributed by atoms with van der Waals surface area (Å²) in [6.07, 6.45) is 0.349. The van der Waals surface area contributed by atoms with E-state index in [0.29, 0.717) is 17.7 Å². The Hall–Kier alpha value is -3.12. The lowest BCUT2D eigenvalue weighted by Gasteiger charge is -2.32. The molecule has 1 N–H and O–H groups in total. The molecule has 35 heavy (non-hydrogen) atoms. The maximum Gasteiger partial charge on any atom is 0.243 e. The Morgan fingerprint density at radius 3 is 2.23 bits per heavy atom. The van der Waals surface area contributed by atoms with Gasteiger partial charge in [-0.1, -0.05) is 78.4 Å². The zero-order chi connectivity index (χ0) is 25.2. The lowest BCUT2D eigenvalue weighted by atomic mass is 10.0. The molecule has 0 bridgehead atoms. The number of rotatable bonds is 11. The van der Waals surface area contributed by atoms with Crippen LogP contribution in [0.3, 0.4) is 0 Å². The molecule has 1 atom stereocenters. The number of aryl methyl sites for hydroxylation is 1. The molecule has 4 nitrogen and oxygen atoms in total. The van der Waals surface area contributed by atoms with Gasteiger partial charge >= 0.3 is 0 Å². The second-order valence-corrected chi connectivity index (χ2v) is 9.95. The Labute approximate surface area is 211 Å². The van der Waals surface area contributed by atoms with Gasteiger partial charge in [-0.2, -0.15) is 0 Å².